The van der Waals surface area contributed by atoms with E-state index in [4.69, 9.17) is 10.00 Å². The molecule has 0 aromatic heterocycles. The minimum atomic E-state index is 0.0997. The number of hydrogen-bond acceptors (Lipinski definition) is 5. The average molecular weight is 207 g/mol. The number of hydrogen-bond donors (Lipinski definition) is 0. The molecule has 0 aliphatic heterocycles. The van der Waals surface area contributed by atoms with Crippen molar-refractivity contribution in [1.29, 1.82) is 5.26 Å². The second-order valence-electron chi connectivity index (χ2n) is 3.56. The second-order valence-corrected chi connectivity index (χ2v) is 3.56. The molecule has 0 aromatic rings. The van der Waals surface area contributed by atoms with Crippen molar-refractivity contribution in [2.45, 2.75) is 31.8 Å². The van der Waals surface area contributed by atoms with Gasteiger partial charge in [0.1, 0.15) is 6.10 Å². The smallest absolute Gasteiger partial charge is 0.234 e. The highest BCUT2D eigenvalue weighted by atomic mass is 16.5. The molecule has 0 aromatic carbocycles. The van der Waals surface area contributed by atoms with Crippen molar-refractivity contribution in [3.63, 3.8) is 0 Å². The number of rotatable bonds is 4. The van der Waals surface area contributed by atoms with Crippen molar-refractivity contribution in [3.8, 4) is 6.19 Å². The molecule has 1 unspecified atom stereocenters. The first kappa shape index (κ1) is 11.4. The molecule has 1 saturated carbocycles. The number of isocyanates is 1. The summed E-state index contributed by atoms with van der Waals surface area (Å²) >= 11 is 0. The van der Waals surface area contributed by atoms with E-state index in [9.17, 15) is 4.79 Å². The molecule has 0 N–H and O–H groups in total. The van der Waals surface area contributed by atoms with Gasteiger partial charge in [0.2, 0.25) is 12.3 Å². The van der Waals surface area contributed by atoms with E-state index in [2.05, 4.69) is 9.98 Å². The van der Waals surface area contributed by atoms with Crippen LogP contribution in [0.3, 0.4) is 0 Å². The highest BCUT2D eigenvalue weighted by molar-refractivity contribution is 5.48. The van der Waals surface area contributed by atoms with Crippen LogP contribution < -0.4 is 0 Å². The lowest BCUT2D eigenvalue weighted by Crippen LogP contribution is -2.24. The molecule has 1 rings (SSSR count). The van der Waals surface area contributed by atoms with Gasteiger partial charge in [-0.25, -0.2) is 9.79 Å². The molecule has 2 atom stereocenters. The summed E-state index contributed by atoms with van der Waals surface area (Å²) < 4.78 is 5.28. The molecule has 80 valence electrons. The van der Waals surface area contributed by atoms with E-state index in [1.165, 1.54) is 6.40 Å². The summed E-state index contributed by atoms with van der Waals surface area (Å²) in [5.41, 5.74) is 0. The summed E-state index contributed by atoms with van der Waals surface area (Å²) in [6, 6.07) is 0. The highest BCUT2D eigenvalue weighted by Gasteiger charge is 2.22. The van der Waals surface area contributed by atoms with Gasteiger partial charge in [-0.15, -0.1) is 4.99 Å². The number of nitrogens with zero attached hydrogens (tertiary/aromatic N) is 3. The van der Waals surface area contributed by atoms with Gasteiger partial charge >= 0.3 is 0 Å². The third kappa shape index (κ3) is 4.39. The lowest BCUT2D eigenvalue weighted by atomic mass is 9.87. The van der Waals surface area contributed by atoms with Gasteiger partial charge in [0.25, 0.3) is 0 Å². The Morgan fingerprint density at radius 1 is 1.53 bits per heavy atom. The molecule has 1 aliphatic carbocycles. The molecular weight excluding hydrogens is 194 g/mol. The third-order valence-corrected chi connectivity index (χ3v) is 2.51. The first-order valence-corrected chi connectivity index (χ1v) is 4.96. The number of carbonyl (C=O) groups excluding carboxylic acids is 1. The van der Waals surface area contributed by atoms with Crippen molar-refractivity contribution < 1.29 is 9.53 Å². The summed E-state index contributed by atoms with van der Waals surface area (Å²) in [6.45, 7) is 0.527. The predicted octanol–water partition coefficient (Wildman–Crippen LogP) is 1.41. The molecule has 1 fully saturated rings. The molecular formula is C10H13N3O2. The van der Waals surface area contributed by atoms with Gasteiger partial charge < -0.3 is 4.74 Å². The summed E-state index contributed by atoms with van der Waals surface area (Å²) in [5, 5.41) is 8.18. The topological polar surface area (TPSA) is 74.8 Å². The van der Waals surface area contributed by atoms with Gasteiger partial charge in [-0.1, -0.05) is 0 Å². The van der Waals surface area contributed by atoms with Crippen molar-refractivity contribution in [2.75, 3.05) is 6.54 Å². The van der Waals surface area contributed by atoms with Crippen LogP contribution in [-0.4, -0.2) is 25.1 Å². The molecule has 15 heavy (non-hydrogen) atoms. The van der Waals surface area contributed by atoms with Crippen LogP contribution in [0.5, 0.6) is 0 Å². The maximum absolute atomic E-state index is 9.96. The van der Waals surface area contributed by atoms with Gasteiger partial charge in [-0.05, 0) is 31.6 Å². The maximum Gasteiger partial charge on any atom is 0.234 e. The Balaban J connectivity index is 2.32. The Kier molecular flexibility index (Phi) is 5.13. The second kappa shape index (κ2) is 6.74. The molecule has 0 saturated heterocycles. The normalized spacial score (nSPS) is 25.5. The van der Waals surface area contributed by atoms with Gasteiger partial charge in [-0.3, -0.25) is 0 Å². The van der Waals surface area contributed by atoms with E-state index in [-0.39, 0.29) is 6.10 Å². The third-order valence-electron chi connectivity index (χ3n) is 2.51. The van der Waals surface area contributed by atoms with Gasteiger partial charge in [-0.2, -0.15) is 5.26 Å². The van der Waals surface area contributed by atoms with Crippen molar-refractivity contribution in [3.05, 3.63) is 0 Å². The van der Waals surface area contributed by atoms with E-state index in [1.54, 1.807) is 12.3 Å². The molecule has 0 amide bonds. The van der Waals surface area contributed by atoms with Crippen LogP contribution in [0.25, 0.3) is 0 Å². The van der Waals surface area contributed by atoms with E-state index in [0.717, 1.165) is 25.7 Å². The van der Waals surface area contributed by atoms with Crippen LogP contribution in [0.15, 0.2) is 9.98 Å². The first-order valence-electron chi connectivity index (χ1n) is 4.96. The standard InChI is InChI=1S/C10H13N3O2/c11-6-13-8-15-10-3-1-2-9(4-10)5-12-7-14/h8-10H,1-5H2/t9?,10-/m0/s1. The van der Waals surface area contributed by atoms with E-state index in [1.807, 2.05) is 0 Å². The Labute approximate surface area is 88.5 Å². The Hall–Kier alpha value is -1.66. The largest absolute Gasteiger partial charge is 0.479 e. The van der Waals surface area contributed by atoms with Crippen molar-refractivity contribution in [1.82, 2.24) is 0 Å². The van der Waals surface area contributed by atoms with Gasteiger partial charge in [0.05, 0.1) is 6.54 Å². The minimum absolute atomic E-state index is 0.0997. The monoisotopic (exact) mass is 207 g/mol. The quantitative estimate of drug-likeness (QED) is 0.302. The number of nitriles is 1. The molecule has 1 aliphatic rings. The van der Waals surface area contributed by atoms with Crippen molar-refractivity contribution in [2.24, 2.45) is 15.9 Å². The summed E-state index contributed by atoms with van der Waals surface area (Å²) in [7, 11) is 0. The summed E-state index contributed by atoms with van der Waals surface area (Å²) in [6.07, 6.45) is 8.43. The average Bonchev–Trinajstić information content (AvgIpc) is 2.27. The van der Waals surface area contributed by atoms with Crippen LogP contribution in [0.1, 0.15) is 25.7 Å². The molecule has 0 heterocycles. The minimum Gasteiger partial charge on any atom is -0.479 e. The maximum atomic E-state index is 9.96. The summed E-state index contributed by atoms with van der Waals surface area (Å²) in [4.78, 5) is 16.9. The highest BCUT2D eigenvalue weighted by Crippen LogP contribution is 2.26. The predicted molar refractivity (Wildman–Crippen MR) is 53.9 cm³/mol. The fourth-order valence-corrected chi connectivity index (χ4v) is 1.84. The Morgan fingerprint density at radius 3 is 3.13 bits per heavy atom. The molecule has 0 radical (unpaired) electrons. The number of ether oxygens (including phenoxy) is 1. The molecule has 0 spiro atoms. The van der Waals surface area contributed by atoms with Gasteiger partial charge in [0, 0.05) is 0 Å². The summed E-state index contributed by atoms with van der Waals surface area (Å²) in [5.74, 6) is 0.390. The molecule has 5 heteroatoms. The van der Waals surface area contributed by atoms with Crippen LogP contribution in [0.4, 0.5) is 0 Å². The van der Waals surface area contributed by atoms with E-state index in [0.29, 0.717) is 12.5 Å². The zero-order chi connectivity index (χ0) is 10.9. The van der Waals surface area contributed by atoms with Crippen molar-refractivity contribution >= 4 is 12.5 Å². The Bertz CT molecular complexity index is 302. The lowest BCUT2D eigenvalue weighted by Gasteiger charge is -2.26. The lowest BCUT2D eigenvalue weighted by molar-refractivity contribution is 0.123. The van der Waals surface area contributed by atoms with Crippen LogP contribution >= 0.6 is 0 Å². The fraction of sp³-hybridized carbons (Fsp3) is 0.700. The zero-order valence-corrected chi connectivity index (χ0v) is 8.43. The van der Waals surface area contributed by atoms with E-state index >= 15 is 0 Å². The van der Waals surface area contributed by atoms with Crippen LogP contribution in [0.2, 0.25) is 0 Å². The Morgan fingerprint density at radius 2 is 2.40 bits per heavy atom. The fourth-order valence-electron chi connectivity index (χ4n) is 1.84. The van der Waals surface area contributed by atoms with Gasteiger partial charge in [0.15, 0.2) is 6.40 Å². The molecule has 0 bridgehead atoms. The van der Waals surface area contributed by atoms with Crippen LogP contribution in [-0.2, 0) is 9.53 Å². The van der Waals surface area contributed by atoms with Crippen LogP contribution in [0, 0.1) is 17.4 Å². The zero-order valence-electron chi connectivity index (χ0n) is 8.43. The molecule has 5 nitrogen and oxygen atoms in total. The SMILES string of the molecule is N#CN=CO[C@H]1CCCC(CN=C=O)C1. The number of aliphatic imine (C=N–C) groups is 2. The first-order chi connectivity index (χ1) is 7.36. The van der Waals surface area contributed by atoms with E-state index < -0.39 is 0 Å².